The normalized spacial score (nSPS) is 17.8. The fraction of sp³-hybridized carbons (Fsp3) is 0.167. The van der Waals surface area contributed by atoms with Gasteiger partial charge in [0.05, 0.1) is 16.2 Å². The summed E-state index contributed by atoms with van der Waals surface area (Å²) >= 11 is 0. The SMILES string of the molecule is CC1C=C(c2ccc(S(N)(=O)=O)cc2)C(c2ccc(C(F)(F)F)cn2)=C1. The predicted octanol–water partition coefficient (Wildman–Crippen LogP) is 3.86. The third-order valence-corrected chi connectivity index (χ3v) is 4.94. The van der Waals surface area contributed by atoms with E-state index in [-0.39, 0.29) is 10.8 Å². The number of aromatic nitrogens is 1. The molecule has 1 heterocycles. The maximum atomic E-state index is 12.7. The van der Waals surface area contributed by atoms with Crippen molar-refractivity contribution in [3.8, 4) is 0 Å². The van der Waals surface area contributed by atoms with E-state index in [9.17, 15) is 21.6 Å². The van der Waals surface area contributed by atoms with E-state index in [1.54, 1.807) is 12.1 Å². The highest BCUT2D eigenvalue weighted by Gasteiger charge is 2.31. The molecule has 0 saturated heterocycles. The lowest BCUT2D eigenvalue weighted by Gasteiger charge is -2.11. The molecule has 26 heavy (non-hydrogen) atoms. The Balaban J connectivity index is 1.96. The molecule has 0 fully saturated rings. The van der Waals surface area contributed by atoms with Gasteiger partial charge in [-0.25, -0.2) is 13.6 Å². The van der Waals surface area contributed by atoms with Crippen LogP contribution in [0.15, 0.2) is 59.6 Å². The summed E-state index contributed by atoms with van der Waals surface area (Å²) in [6.07, 6.45) is 0.213. The van der Waals surface area contributed by atoms with Crippen molar-refractivity contribution < 1.29 is 21.6 Å². The summed E-state index contributed by atoms with van der Waals surface area (Å²) in [6.45, 7) is 1.94. The summed E-state index contributed by atoms with van der Waals surface area (Å²) in [5, 5.41) is 5.09. The maximum absolute atomic E-state index is 12.7. The highest BCUT2D eigenvalue weighted by molar-refractivity contribution is 7.89. The molecule has 8 heteroatoms. The minimum Gasteiger partial charge on any atom is -0.256 e. The summed E-state index contributed by atoms with van der Waals surface area (Å²) in [5.74, 6) is 0.0713. The molecule has 0 spiro atoms. The molecular weight excluding hydrogens is 365 g/mol. The lowest BCUT2D eigenvalue weighted by molar-refractivity contribution is -0.137. The van der Waals surface area contributed by atoms with Crippen LogP contribution in [-0.4, -0.2) is 13.4 Å². The number of rotatable bonds is 3. The Hall–Kier alpha value is -2.45. The highest BCUT2D eigenvalue weighted by Crippen LogP contribution is 2.38. The summed E-state index contributed by atoms with van der Waals surface area (Å²) in [6, 6.07) is 8.34. The van der Waals surface area contributed by atoms with Crippen LogP contribution >= 0.6 is 0 Å². The van der Waals surface area contributed by atoms with E-state index in [1.165, 1.54) is 18.2 Å². The lowest BCUT2D eigenvalue weighted by atomic mass is 9.98. The van der Waals surface area contributed by atoms with Crippen LogP contribution in [0.1, 0.15) is 23.7 Å². The zero-order valence-electron chi connectivity index (χ0n) is 13.7. The molecule has 1 aliphatic rings. The number of halogens is 3. The summed E-state index contributed by atoms with van der Waals surface area (Å²) in [4.78, 5) is 3.94. The van der Waals surface area contributed by atoms with E-state index < -0.39 is 21.8 Å². The van der Waals surface area contributed by atoms with Gasteiger partial charge in [-0.3, -0.25) is 4.98 Å². The molecule has 2 aromatic rings. The van der Waals surface area contributed by atoms with Crippen molar-refractivity contribution in [3.63, 3.8) is 0 Å². The Morgan fingerprint density at radius 3 is 2.12 bits per heavy atom. The number of primary sulfonamides is 1. The van der Waals surface area contributed by atoms with Crippen molar-refractivity contribution in [1.82, 2.24) is 4.98 Å². The molecule has 1 unspecified atom stereocenters. The Bertz CT molecular complexity index is 990. The fourth-order valence-electron chi connectivity index (χ4n) is 2.77. The first-order valence-electron chi connectivity index (χ1n) is 7.66. The molecule has 3 rings (SSSR count). The van der Waals surface area contributed by atoms with E-state index in [2.05, 4.69) is 4.98 Å². The van der Waals surface area contributed by atoms with Crippen LogP contribution in [0.25, 0.3) is 11.1 Å². The first-order chi connectivity index (χ1) is 12.1. The average molecular weight is 380 g/mol. The second-order valence-corrected chi connectivity index (χ2v) is 7.58. The quantitative estimate of drug-likeness (QED) is 0.879. The van der Waals surface area contributed by atoms with E-state index in [1.807, 2.05) is 19.1 Å². The molecule has 1 aliphatic carbocycles. The first kappa shape index (κ1) is 18.3. The van der Waals surface area contributed by atoms with Gasteiger partial charge in [-0.05, 0) is 41.3 Å². The molecule has 0 aliphatic heterocycles. The number of sulfonamides is 1. The number of alkyl halides is 3. The van der Waals surface area contributed by atoms with Crippen molar-refractivity contribution >= 4 is 21.2 Å². The Labute approximate surface area is 148 Å². The third kappa shape index (κ3) is 3.71. The number of hydrogen-bond donors (Lipinski definition) is 1. The van der Waals surface area contributed by atoms with Gasteiger partial charge in [0.25, 0.3) is 0 Å². The van der Waals surface area contributed by atoms with Gasteiger partial charge in [0.2, 0.25) is 10.0 Å². The Kier molecular flexibility index (Phi) is 4.49. The first-order valence-corrected chi connectivity index (χ1v) is 9.21. The molecule has 0 amide bonds. The van der Waals surface area contributed by atoms with Gasteiger partial charge in [0.15, 0.2) is 0 Å². The van der Waals surface area contributed by atoms with Gasteiger partial charge in [-0.15, -0.1) is 0 Å². The van der Waals surface area contributed by atoms with Crippen LogP contribution in [0.2, 0.25) is 0 Å². The molecule has 2 N–H and O–H groups in total. The van der Waals surface area contributed by atoms with Gasteiger partial charge in [-0.1, -0.05) is 31.2 Å². The minimum atomic E-state index is -4.44. The van der Waals surface area contributed by atoms with Crippen molar-refractivity contribution in [1.29, 1.82) is 0 Å². The number of nitrogens with two attached hydrogens (primary N) is 1. The largest absolute Gasteiger partial charge is 0.417 e. The summed E-state index contributed by atoms with van der Waals surface area (Å²) in [5.41, 5.74) is 1.83. The summed E-state index contributed by atoms with van der Waals surface area (Å²) < 4.78 is 60.9. The molecule has 1 atom stereocenters. The number of allylic oxidation sites excluding steroid dienone is 4. The number of hydrogen-bond acceptors (Lipinski definition) is 3. The lowest BCUT2D eigenvalue weighted by Crippen LogP contribution is -2.11. The van der Waals surface area contributed by atoms with Crippen LogP contribution in [0.4, 0.5) is 13.2 Å². The van der Waals surface area contributed by atoms with Crippen LogP contribution < -0.4 is 5.14 Å². The molecule has 4 nitrogen and oxygen atoms in total. The monoisotopic (exact) mass is 380 g/mol. The second-order valence-electron chi connectivity index (χ2n) is 6.02. The predicted molar refractivity (Wildman–Crippen MR) is 92.2 cm³/mol. The van der Waals surface area contributed by atoms with Gasteiger partial charge >= 0.3 is 6.18 Å². The highest BCUT2D eigenvalue weighted by atomic mass is 32.2. The number of benzene rings is 1. The van der Waals surface area contributed by atoms with E-state index in [0.29, 0.717) is 11.3 Å². The zero-order valence-corrected chi connectivity index (χ0v) is 14.5. The van der Waals surface area contributed by atoms with Crippen molar-refractivity contribution in [3.05, 3.63) is 71.6 Å². The van der Waals surface area contributed by atoms with Crippen LogP contribution in [0.3, 0.4) is 0 Å². The standard InChI is InChI=1S/C18H15F3N2O2S/c1-11-8-15(12-2-5-14(6-3-12)26(22,24)25)16(9-11)17-7-4-13(10-23-17)18(19,20)21/h2-11H,1H3,(H2,22,24,25). The Morgan fingerprint density at radius 2 is 1.62 bits per heavy atom. The maximum Gasteiger partial charge on any atom is 0.417 e. The third-order valence-electron chi connectivity index (χ3n) is 4.01. The molecule has 1 aromatic heterocycles. The Morgan fingerprint density at radius 1 is 1.00 bits per heavy atom. The number of nitrogens with zero attached hydrogens (tertiary/aromatic N) is 1. The summed E-state index contributed by atoms with van der Waals surface area (Å²) in [7, 11) is -3.79. The average Bonchev–Trinajstić information content (AvgIpc) is 2.95. The van der Waals surface area contributed by atoms with E-state index >= 15 is 0 Å². The van der Waals surface area contributed by atoms with Gasteiger partial charge in [0, 0.05) is 11.8 Å². The molecule has 136 valence electrons. The van der Waals surface area contributed by atoms with E-state index in [0.717, 1.165) is 23.4 Å². The van der Waals surface area contributed by atoms with Crippen molar-refractivity contribution in [2.45, 2.75) is 18.0 Å². The van der Waals surface area contributed by atoms with Crippen LogP contribution in [0, 0.1) is 5.92 Å². The molecule has 0 bridgehead atoms. The van der Waals surface area contributed by atoms with Gasteiger partial charge in [-0.2, -0.15) is 13.2 Å². The molecular formula is C18H15F3N2O2S. The second kappa shape index (κ2) is 6.37. The minimum absolute atomic E-state index is 0.00826. The topological polar surface area (TPSA) is 73.1 Å². The van der Waals surface area contributed by atoms with E-state index in [4.69, 9.17) is 5.14 Å². The van der Waals surface area contributed by atoms with Crippen LogP contribution in [-0.2, 0) is 16.2 Å². The fourth-order valence-corrected chi connectivity index (χ4v) is 3.29. The number of pyridine rings is 1. The van der Waals surface area contributed by atoms with Crippen molar-refractivity contribution in [2.75, 3.05) is 0 Å². The van der Waals surface area contributed by atoms with Gasteiger partial charge in [0.1, 0.15) is 0 Å². The van der Waals surface area contributed by atoms with Gasteiger partial charge < -0.3 is 0 Å². The zero-order chi connectivity index (χ0) is 19.1. The molecule has 0 radical (unpaired) electrons. The molecule has 1 aromatic carbocycles. The van der Waals surface area contributed by atoms with Crippen molar-refractivity contribution in [2.24, 2.45) is 11.1 Å². The molecule has 0 saturated carbocycles. The smallest absolute Gasteiger partial charge is 0.256 e. The van der Waals surface area contributed by atoms with Crippen LogP contribution in [0.5, 0.6) is 0 Å².